The van der Waals surface area contributed by atoms with Crippen molar-refractivity contribution < 1.29 is 4.92 Å². The van der Waals surface area contributed by atoms with E-state index in [9.17, 15) is 10.1 Å². The van der Waals surface area contributed by atoms with Gasteiger partial charge in [0.25, 0.3) is 5.69 Å². The van der Waals surface area contributed by atoms with E-state index >= 15 is 0 Å². The molecular formula is C16H21N2O2. The number of anilines is 1. The first kappa shape index (κ1) is 16.0. The Morgan fingerprint density at radius 1 is 1.25 bits per heavy atom. The summed E-state index contributed by atoms with van der Waals surface area (Å²) in [6.45, 7) is 8.15. The summed E-state index contributed by atoms with van der Waals surface area (Å²) in [4.78, 5) is 10.1. The van der Waals surface area contributed by atoms with Gasteiger partial charge in [0.05, 0.1) is 11.5 Å². The second-order valence-corrected chi connectivity index (χ2v) is 4.95. The van der Waals surface area contributed by atoms with E-state index in [4.69, 9.17) is 0 Å². The standard InChI is InChI=1S/C16H21N2O2/c1-13(2)5-4-6-14(3)11-12-17-15-7-9-16(10-8-15)18(19)20/h5,7-12,17H,4,6H2,1-3H3/b14-11+. The zero-order valence-electron chi connectivity index (χ0n) is 12.2. The van der Waals surface area contributed by atoms with Crippen molar-refractivity contribution in [2.24, 2.45) is 0 Å². The number of nitrogens with one attached hydrogen (secondary N) is 1. The molecule has 0 aliphatic heterocycles. The molecule has 0 amide bonds. The minimum Gasteiger partial charge on any atom is -0.376 e. The first-order valence-electron chi connectivity index (χ1n) is 6.62. The Hall–Kier alpha value is -2.10. The number of nitro benzene ring substituents is 1. The monoisotopic (exact) mass is 273 g/mol. The Morgan fingerprint density at radius 3 is 2.45 bits per heavy atom. The predicted octanol–water partition coefficient (Wildman–Crippen LogP) is 4.86. The molecule has 1 aromatic rings. The van der Waals surface area contributed by atoms with Crippen LogP contribution in [0.15, 0.2) is 47.6 Å². The van der Waals surface area contributed by atoms with Crippen molar-refractivity contribution in [1.29, 1.82) is 0 Å². The summed E-state index contributed by atoms with van der Waals surface area (Å²) in [6.07, 6.45) is 6.33. The molecule has 0 heterocycles. The van der Waals surface area contributed by atoms with Crippen LogP contribution in [0.2, 0.25) is 0 Å². The van der Waals surface area contributed by atoms with Crippen LogP contribution >= 0.6 is 0 Å². The quantitative estimate of drug-likeness (QED) is 0.438. The zero-order valence-corrected chi connectivity index (χ0v) is 12.2. The second kappa shape index (κ2) is 8.15. The van der Waals surface area contributed by atoms with Crippen LogP contribution in [0.1, 0.15) is 33.6 Å². The third kappa shape index (κ3) is 6.18. The van der Waals surface area contributed by atoms with Crippen LogP contribution in [0, 0.1) is 16.7 Å². The van der Waals surface area contributed by atoms with Gasteiger partial charge < -0.3 is 5.32 Å². The maximum atomic E-state index is 10.5. The summed E-state index contributed by atoms with van der Waals surface area (Å²) in [7, 11) is 0. The summed E-state index contributed by atoms with van der Waals surface area (Å²) >= 11 is 0. The molecule has 0 atom stereocenters. The van der Waals surface area contributed by atoms with Crippen molar-refractivity contribution in [3.8, 4) is 0 Å². The van der Waals surface area contributed by atoms with Gasteiger partial charge in [-0.2, -0.15) is 0 Å². The molecule has 1 aromatic carbocycles. The van der Waals surface area contributed by atoms with Gasteiger partial charge in [-0.05, 0) is 45.7 Å². The highest BCUT2D eigenvalue weighted by molar-refractivity contribution is 5.50. The molecule has 0 saturated heterocycles. The average Bonchev–Trinajstić information content (AvgIpc) is 2.39. The zero-order chi connectivity index (χ0) is 15.0. The molecule has 0 unspecified atom stereocenters. The fourth-order valence-electron chi connectivity index (χ4n) is 1.63. The molecule has 4 heteroatoms. The first-order chi connectivity index (χ1) is 9.49. The van der Waals surface area contributed by atoms with Crippen molar-refractivity contribution in [2.75, 3.05) is 5.32 Å². The fourth-order valence-corrected chi connectivity index (χ4v) is 1.63. The lowest BCUT2D eigenvalue weighted by molar-refractivity contribution is -0.384. The summed E-state index contributed by atoms with van der Waals surface area (Å²) in [5.74, 6) is 0. The Bertz CT molecular complexity index is 498. The minimum atomic E-state index is -0.402. The Labute approximate surface area is 120 Å². The van der Waals surface area contributed by atoms with Gasteiger partial charge in [-0.1, -0.05) is 23.3 Å². The van der Waals surface area contributed by atoms with E-state index in [0.717, 1.165) is 18.5 Å². The molecule has 0 aliphatic carbocycles. The number of nitrogens with zero attached hydrogens (tertiary/aromatic N) is 1. The smallest absolute Gasteiger partial charge is 0.269 e. The second-order valence-electron chi connectivity index (χ2n) is 4.95. The van der Waals surface area contributed by atoms with Crippen LogP contribution in [0.4, 0.5) is 11.4 Å². The van der Waals surface area contributed by atoms with Gasteiger partial charge >= 0.3 is 0 Å². The fraction of sp³-hybridized carbons (Fsp3) is 0.312. The summed E-state index contributed by atoms with van der Waals surface area (Å²) in [5, 5.41) is 13.6. The molecular weight excluding hydrogens is 252 g/mol. The van der Waals surface area contributed by atoms with Crippen LogP contribution < -0.4 is 5.32 Å². The maximum Gasteiger partial charge on any atom is 0.269 e. The van der Waals surface area contributed by atoms with E-state index in [1.165, 1.54) is 23.3 Å². The number of rotatable bonds is 7. The molecule has 0 fully saturated rings. The summed E-state index contributed by atoms with van der Waals surface area (Å²) in [5.41, 5.74) is 3.57. The highest BCUT2D eigenvalue weighted by Crippen LogP contribution is 2.16. The van der Waals surface area contributed by atoms with Crippen LogP contribution in [0.3, 0.4) is 0 Å². The third-order valence-electron chi connectivity index (χ3n) is 2.79. The molecule has 0 saturated carbocycles. The van der Waals surface area contributed by atoms with Crippen LogP contribution in [-0.2, 0) is 0 Å². The number of hydrogen-bond acceptors (Lipinski definition) is 3. The van der Waals surface area contributed by atoms with Crippen molar-refractivity contribution in [3.63, 3.8) is 0 Å². The van der Waals surface area contributed by atoms with Gasteiger partial charge in [-0.15, -0.1) is 0 Å². The molecule has 0 bridgehead atoms. The first-order valence-corrected chi connectivity index (χ1v) is 6.62. The molecule has 1 rings (SSSR count). The maximum absolute atomic E-state index is 10.5. The molecule has 0 aromatic heterocycles. The van der Waals surface area contributed by atoms with Gasteiger partial charge in [0.1, 0.15) is 0 Å². The van der Waals surface area contributed by atoms with E-state index < -0.39 is 4.92 Å². The van der Waals surface area contributed by atoms with Crippen LogP contribution in [-0.4, -0.2) is 4.92 Å². The van der Waals surface area contributed by atoms with Gasteiger partial charge in [0.2, 0.25) is 0 Å². The van der Waals surface area contributed by atoms with Crippen LogP contribution in [0.25, 0.3) is 0 Å². The van der Waals surface area contributed by atoms with Crippen molar-refractivity contribution in [2.45, 2.75) is 33.6 Å². The van der Waals surface area contributed by atoms with E-state index in [1.54, 1.807) is 12.1 Å². The lowest BCUT2D eigenvalue weighted by Crippen LogP contribution is -1.94. The summed E-state index contributed by atoms with van der Waals surface area (Å²) in [6, 6.07) is 6.37. The van der Waals surface area contributed by atoms with Crippen LogP contribution in [0.5, 0.6) is 0 Å². The molecule has 0 spiro atoms. The number of non-ortho nitro benzene ring substituents is 1. The van der Waals surface area contributed by atoms with Gasteiger partial charge in [0, 0.05) is 17.8 Å². The van der Waals surface area contributed by atoms with E-state index in [2.05, 4.69) is 32.2 Å². The molecule has 20 heavy (non-hydrogen) atoms. The van der Waals surface area contributed by atoms with Gasteiger partial charge in [-0.3, -0.25) is 10.1 Å². The molecule has 4 nitrogen and oxygen atoms in total. The Kier molecular flexibility index (Phi) is 6.50. The Morgan fingerprint density at radius 2 is 1.90 bits per heavy atom. The Balaban J connectivity index is 2.39. The van der Waals surface area contributed by atoms with Gasteiger partial charge in [-0.25, -0.2) is 0 Å². The molecule has 1 radical (unpaired) electrons. The van der Waals surface area contributed by atoms with Crippen molar-refractivity contribution in [3.05, 3.63) is 64.2 Å². The largest absolute Gasteiger partial charge is 0.376 e. The van der Waals surface area contributed by atoms with Crippen molar-refractivity contribution >= 4 is 11.4 Å². The molecule has 0 aliphatic rings. The SMILES string of the molecule is CC(C)=CCC/C(C)=C/[CH]Nc1ccc([N+](=O)[O-])cc1. The molecule has 1 N–H and O–H groups in total. The van der Waals surface area contributed by atoms with E-state index in [1.807, 2.05) is 12.6 Å². The minimum absolute atomic E-state index is 0.101. The lowest BCUT2D eigenvalue weighted by atomic mass is 10.1. The number of hydrogen-bond donors (Lipinski definition) is 1. The summed E-state index contributed by atoms with van der Waals surface area (Å²) < 4.78 is 0. The van der Waals surface area contributed by atoms with Gasteiger partial charge in [0.15, 0.2) is 0 Å². The number of allylic oxidation sites excluding steroid dienone is 3. The number of nitro groups is 1. The highest BCUT2D eigenvalue weighted by Gasteiger charge is 2.02. The highest BCUT2D eigenvalue weighted by atomic mass is 16.6. The third-order valence-corrected chi connectivity index (χ3v) is 2.79. The average molecular weight is 273 g/mol. The van der Waals surface area contributed by atoms with Crippen molar-refractivity contribution in [1.82, 2.24) is 0 Å². The predicted molar refractivity (Wildman–Crippen MR) is 83.4 cm³/mol. The topological polar surface area (TPSA) is 55.2 Å². The molecule has 107 valence electrons. The van der Waals surface area contributed by atoms with E-state index in [0.29, 0.717) is 0 Å². The normalized spacial score (nSPS) is 11.1. The lowest BCUT2D eigenvalue weighted by Gasteiger charge is -2.03. The van der Waals surface area contributed by atoms with E-state index in [-0.39, 0.29) is 5.69 Å². The number of benzene rings is 1.